The summed E-state index contributed by atoms with van der Waals surface area (Å²) < 4.78 is 5.52. The molecule has 1 atom stereocenters. The molecule has 0 saturated carbocycles. The van der Waals surface area contributed by atoms with Crippen molar-refractivity contribution in [2.45, 2.75) is 58.5 Å². The molecule has 0 amide bonds. The number of aromatic nitrogens is 1. The number of unbranched alkanes of at least 4 members (excludes halogenated alkanes) is 1. The second-order valence-electron chi connectivity index (χ2n) is 8.77. The molecule has 1 aromatic heterocycles. The minimum atomic E-state index is -1.25. The predicted octanol–water partition coefficient (Wildman–Crippen LogP) is 5.54. The number of fused-ring (bicyclic) bond motifs is 1. The van der Waals surface area contributed by atoms with Gasteiger partial charge in [0.05, 0.1) is 18.3 Å². The van der Waals surface area contributed by atoms with E-state index in [0.717, 1.165) is 28.6 Å². The van der Waals surface area contributed by atoms with E-state index in [0.29, 0.717) is 11.4 Å². The van der Waals surface area contributed by atoms with Gasteiger partial charge in [-0.15, -0.1) is 0 Å². The number of rotatable bonds is 5. The molecule has 0 bridgehead atoms. The molecule has 4 heteroatoms. The molecule has 0 spiro atoms. The Morgan fingerprint density at radius 1 is 1.00 bits per heavy atom. The van der Waals surface area contributed by atoms with E-state index >= 15 is 0 Å². The van der Waals surface area contributed by atoms with Crippen LogP contribution in [0.1, 0.15) is 64.3 Å². The third-order valence-electron chi connectivity index (χ3n) is 5.24. The van der Waals surface area contributed by atoms with Crippen molar-refractivity contribution in [3.8, 4) is 5.75 Å². The van der Waals surface area contributed by atoms with Gasteiger partial charge in [0, 0.05) is 10.9 Å². The Bertz CT molecular complexity index is 957. The van der Waals surface area contributed by atoms with E-state index in [1.165, 1.54) is 12.8 Å². The zero-order chi connectivity index (χ0) is 22.4. The summed E-state index contributed by atoms with van der Waals surface area (Å²) in [4.78, 5) is 4.68. The fourth-order valence-electron chi connectivity index (χ4n) is 3.23. The van der Waals surface area contributed by atoms with Gasteiger partial charge in [-0.2, -0.15) is 0 Å². The molecule has 0 fully saturated rings. The number of pyridine rings is 1. The Hall–Kier alpha value is -2.43. The molecule has 162 valence electrons. The number of benzene rings is 2. The smallest absolute Gasteiger partial charge is 0.132 e. The van der Waals surface area contributed by atoms with E-state index in [9.17, 15) is 5.11 Å². The molecule has 0 radical (unpaired) electrons. The highest BCUT2D eigenvalue weighted by Crippen LogP contribution is 2.38. The maximum Gasteiger partial charge on any atom is 0.132 e. The van der Waals surface area contributed by atoms with Crippen LogP contribution in [0.4, 0.5) is 0 Å². The number of methoxy groups -OCH3 is 1. The van der Waals surface area contributed by atoms with E-state index in [1.807, 2.05) is 54.6 Å². The molecule has 0 saturated heterocycles. The normalized spacial score (nSPS) is 13.3. The number of hydrogen-bond donors (Lipinski definition) is 2. The molecule has 0 aliphatic carbocycles. The van der Waals surface area contributed by atoms with Crippen LogP contribution < -0.4 is 10.5 Å². The number of nitrogens with zero attached hydrogens (tertiary/aromatic N) is 1. The van der Waals surface area contributed by atoms with Crippen LogP contribution in [0.25, 0.3) is 10.9 Å². The zero-order valence-electron chi connectivity index (χ0n) is 19.2. The lowest BCUT2D eigenvalue weighted by Crippen LogP contribution is -2.26. The highest BCUT2D eigenvalue weighted by atomic mass is 16.5. The van der Waals surface area contributed by atoms with E-state index in [4.69, 9.17) is 10.5 Å². The first-order valence-corrected chi connectivity index (χ1v) is 10.6. The zero-order valence-corrected chi connectivity index (χ0v) is 19.2. The summed E-state index contributed by atoms with van der Waals surface area (Å²) in [5.74, 6) is 0.660. The average molecular weight is 409 g/mol. The number of ether oxygens (including phenoxy) is 1. The van der Waals surface area contributed by atoms with Gasteiger partial charge in [0.1, 0.15) is 11.4 Å². The largest absolute Gasteiger partial charge is 0.496 e. The summed E-state index contributed by atoms with van der Waals surface area (Å²) in [5.41, 5.74) is 7.21. The molecule has 0 aliphatic heterocycles. The third-order valence-corrected chi connectivity index (χ3v) is 5.24. The van der Waals surface area contributed by atoms with Gasteiger partial charge in [0.2, 0.25) is 0 Å². The minimum Gasteiger partial charge on any atom is -0.496 e. The molecule has 1 unspecified atom stereocenters. The van der Waals surface area contributed by atoms with Crippen molar-refractivity contribution >= 4 is 10.9 Å². The van der Waals surface area contributed by atoms with Crippen LogP contribution in [0, 0.1) is 0 Å². The molecule has 2 aromatic carbocycles. The van der Waals surface area contributed by atoms with Gasteiger partial charge in [0.15, 0.2) is 0 Å². The fourth-order valence-corrected chi connectivity index (χ4v) is 3.23. The monoisotopic (exact) mass is 408 g/mol. The van der Waals surface area contributed by atoms with Gasteiger partial charge in [-0.05, 0) is 55.1 Å². The SMILES string of the molecule is CCCCN.COc1ccc(C(C)(C)C)cc1C(C)(O)c1ccc2ccccc2n1. The molecule has 30 heavy (non-hydrogen) atoms. The summed E-state index contributed by atoms with van der Waals surface area (Å²) in [5, 5.41) is 12.4. The molecule has 0 aliphatic rings. The number of para-hydroxylation sites is 1. The predicted molar refractivity (Wildman–Crippen MR) is 126 cm³/mol. The maximum atomic E-state index is 11.4. The summed E-state index contributed by atoms with van der Waals surface area (Å²) in [6.07, 6.45) is 2.39. The Kier molecular flexibility index (Phi) is 7.99. The van der Waals surface area contributed by atoms with Gasteiger partial charge in [-0.3, -0.25) is 0 Å². The van der Waals surface area contributed by atoms with Crippen molar-refractivity contribution in [2.75, 3.05) is 13.7 Å². The van der Waals surface area contributed by atoms with E-state index in [2.05, 4.69) is 32.7 Å². The van der Waals surface area contributed by atoms with E-state index in [1.54, 1.807) is 14.0 Å². The summed E-state index contributed by atoms with van der Waals surface area (Å²) >= 11 is 0. The van der Waals surface area contributed by atoms with Crippen molar-refractivity contribution < 1.29 is 9.84 Å². The van der Waals surface area contributed by atoms with Gasteiger partial charge < -0.3 is 15.6 Å². The Morgan fingerprint density at radius 3 is 2.27 bits per heavy atom. The Balaban J connectivity index is 0.000000575. The fraction of sp³-hybridized carbons (Fsp3) is 0.423. The van der Waals surface area contributed by atoms with Crippen LogP contribution in [0.3, 0.4) is 0 Å². The standard InChI is InChI=1S/C22H25NO2.C4H11N/c1-21(2,3)16-11-12-19(25-5)17(14-16)22(4,24)20-13-10-15-8-6-7-9-18(15)23-20;1-2-3-4-5/h6-14,24H,1-5H3;2-5H2,1H3. The van der Waals surface area contributed by atoms with Crippen molar-refractivity contribution in [3.63, 3.8) is 0 Å². The maximum absolute atomic E-state index is 11.4. The van der Waals surface area contributed by atoms with Crippen molar-refractivity contribution in [2.24, 2.45) is 5.73 Å². The van der Waals surface area contributed by atoms with Crippen LogP contribution in [0.15, 0.2) is 54.6 Å². The van der Waals surface area contributed by atoms with Gasteiger partial charge in [0.25, 0.3) is 0 Å². The lowest BCUT2D eigenvalue weighted by Gasteiger charge is -2.28. The summed E-state index contributed by atoms with van der Waals surface area (Å²) in [6, 6.07) is 17.8. The van der Waals surface area contributed by atoms with Crippen LogP contribution in [-0.2, 0) is 11.0 Å². The Labute approximate surface area is 181 Å². The average Bonchev–Trinajstić information content (AvgIpc) is 2.73. The summed E-state index contributed by atoms with van der Waals surface area (Å²) in [6.45, 7) is 11.2. The first-order chi connectivity index (χ1) is 14.1. The van der Waals surface area contributed by atoms with Crippen LogP contribution in [-0.4, -0.2) is 23.7 Å². The van der Waals surface area contributed by atoms with Gasteiger partial charge in [-0.25, -0.2) is 4.98 Å². The highest BCUT2D eigenvalue weighted by Gasteiger charge is 2.32. The number of hydrogen-bond acceptors (Lipinski definition) is 4. The minimum absolute atomic E-state index is 0.0199. The van der Waals surface area contributed by atoms with Crippen LogP contribution in [0.5, 0.6) is 5.75 Å². The lowest BCUT2D eigenvalue weighted by molar-refractivity contribution is 0.0944. The molecule has 4 nitrogen and oxygen atoms in total. The first-order valence-electron chi connectivity index (χ1n) is 10.6. The molecule has 1 heterocycles. The molecular formula is C26H36N2O2. The molecule has 3 rings (SSSR count). The topological polar surface area (TPSA) is 68.4 Å². The molecule has 3 aromatic rings. The van der Waals surface area contributed by atoms with E-state index < -0.39 is 5.60 Å². The second-order valence-corrected chi connectivity index (χ2v) is 8.77. The van der Waals surface area contributed by atoms with Gasteiger partial charge >= 0.3 is 0 Å². The molecule has 3 N–H and O–H groups in total. The van der Waals surface area contributed by atoms with Crippen LogP contribution in [0.2, 0.25) is 0 Å². The van der Waals surface area contributed by atoms with Gasteiger partial charge in [-0.1, -0.05) is 64.4 Å². The lowest BCUT2D eigenvalue weighted by atomic mass is 9.82. The summed E-state index contributed by atoms with van der Waals surface area (Å²) in [7, 11) is 1.62. The van der Waals surface area contributed by atoms with E-state index in [-0.39, 0.29) is 5.41 Å². The first kappa shape index (κ1) is 23.8. The Morgan fingerprint density at radius 2 is 1.70 bits per heavy atom. The number of aliphatic hydroxyl groups is 1. The highest BCUT2D eigenvalue weighted by molar-refractivity contribution is 5.78. The quantitative estimate of drug-likeness (QED) is 0.581. The second kappa shape index (κ2) is 10.1. The number of nitrogens with two attached hydrogens (primary N) is 1. The molecular weight excluding hydrogens is 372 g/mol. The van der Waals surface area contributed by atoms with Crippen molar-refractivity contribution in [1.29, 1.82) is 0 Å². The third kappa shape index (κ3) is 5.59. The van der Waals surface area contributed by atoms with Crippen LogP contribution >= 0.6 is 0 Å². The van der Waals surface area contributed by atoms with Crippen molar-refractivity contribution in [1.82, 2.24) is 4.98 Å². The van der Waals surface area contributed by atoms with Crippen molar-refractivity contribution in [3.05, 3.63) is 71.4 Å².